The molecule has 0 aromatic carbocycles. The zero-order valence-corrected chi connectivity index (χ0v) is 17.4. The predicted octanol–water partition coefficient (Wildman–Crippen LogP) is 1.88. The summed E-state index contributed by atoms with van der Waals surface area (Å²) in [6.07, 6.45) is 5.18. The number of rotatable bonds is 10. The molecule has 0 unspecified atom stereocenters. The van der Waals surface area contributed by atoms with Crippen LogP contribution in [0.25, 0.3) is 0 Å². The maximum Gasteiger partial charge on any atom is 0.325 e. The van der Waals surface area contributed by atoms with Crippen molar-refractivity contribution in [1.82, 2.24) is 19.7 Å². The van der Waals surface area contributed by atoms with Crippen LogP contribution in [0.15, 0.2) is 41.1 Å². The average Bonchev–Trinajstić information content (AvgIpc) is 3.28. The minimum atomic E-state index is -0.504. The van der Waals surface area contributed by atoms with Crippen molar-refractivity contribution in [2.24, 2.45) is 7.05 Å². The van der Waals surface area contributed by atoms with Gasteiger partial charge in [-0.1, -0.05) is 0 Å². The van der Waals surface area contributed by atoms with Gasteiger partial charge in [0, 0.05) is 25.0 Å². The molecule has 3 rings (SSSR count). The van der Waals surface area contributed by atoms with Gasteiger partial charge in [0.25, 0.3) is 0 Å². The summed E-state index contributed by atoms with van der Waals surface area (Å²) in [5.74, 6) is -0.0239. The van der Waals surface area contributed by atoms with Crippen molar-refractivity contribution < 1.29 is 23.5 Å². The molecule has 0 bridgehead atoms. The van der Waals surface area contributed by atoms with Crippen molar-refractivity contribution in [3.05, 3.63) is 48.2 Å². The van der Waals surface area contributed by atoms with Crippen LogP contribution in [-0.2, 0) is 34.5 Å². The zero-order valence-electron chi connectivity index (χ0n) is 17.4. The number of amides is 3. The lowest BCUT2D eigenvalue weighted by Gasteiger charge is -2.27. The molecule has 2 aromatic rings. The predicted molar refractivity (Wildman–Crippen MR) is 108 cm³/mol. The van der Waals surface area contributed by atoms with E-state index in [1.165, 1.54) is 4.90 Å². The fourth-order valence-electron chi connectivity index (χ4n) is 3.14. The highest BCUT2D eigenvalue weighted by Gasteiger charge is 2.35. The summed E-state index contributed by atoms with van der Waals surface area (Å²) in [6.45, 7) is 2.37. The quantitative estimate of drug-likeness (QED) is 0.597. The van der Waals surface area contributed by atoms with Gasteiger partial charge in [-0.25, -0.2) is 4.79 Å². The van der Waals surface area contributed by atoms with Gasteiger partial charge in [-0.05, 0) is 44.0 Å². The standard InChI is InChI=1S/C21H28N4O5/c1-3-29-20(27)12-22-21(28)25(16-8-9-16)15-19(26)24(14-18-7-5-11-30-18)13-17-6-4-10-23(17)2/h4-7,10-11,16H,3,8-9,12-15H2,1-2H3,(H,22,28). The largest absolute Gasteiger partial charge is 0.467 e. The number of urea groups is 1. The first kappa shape index (κ1) is 21.5. The Morgan fingerprint density at radius 1 is 1.23 bits per heavy atom. The number of aromatic nitrogens is 1. The first-order valence-electron chi connectivity index (χ1n) is 10.1. The first-order chi connectivity index (χ1) is 14.5. The fourth-order valence-corrected chi connectivity index (χ4v) is 3.14. The minimum Gasteiger partial charge on any atom is -0.467 e. The number of furan rings is 1. The van der Waals surface area contributed by atoms with Gasteiger partial charge >= 0.3 is 12.0 Å². The maximum absolute atomic E-state index is 13.2. The Hall–Kier alpha value is -3.23. The lowest BCUT2D eigenvalue weighted by Crippen LogP contribution is -2.48. The molecule has 2 aromatic heterocycles. The lowest BCUT2D eigenvalue weighted by atomic mass is 10.3. The second-order valence-electron chi connectivity index (χ2n) is 7.26. The van der Waals surface area contributed by atoms with Crippen LogP contribution in [0.5, 0.6) is 0 Å². The monoisotopic (exact) mass is 416 g/mol. The van der Waals surface area contributed by atoms with Crippen LogP contribution >= 0.6 is 0 Å². The van der Waals surface area contributed by atoms with E-state index in [2.05, 4.69) is 5.32 Å². The highest BCUT2D eigenvalue weighted by atomic mass is 16.5. The number of aryl methyl sites for hydroxylation is 1. The second-order valence-corrected chi connectivity index (χ2v) is 7.26. The van der Waals surface area contributed by atoms with Gasteiger partial charge in [-0.3, -0.25) is 9.59 Å². The van der Waals surface area contributed by atoms with E-state index in [9.17, 15) is 14.4 Å². The zero-order chi connectivity index (χ0) is 21.5. The molecule has 9 nitrogen and oxygen atoms in total. The SMILES string of the molecule is CCOC(=O)CNC(=O)N(CC(=O)N(Cc1ccco1)Cc1cccn1C)C1CC1. The van der Waals surface area contributed by atoms with E-state index in [-0.39, 0.29) is 31.6 Å². The fraction of sp³-hybridized carbons (Fsp3) is 0.476. The highest BCUT2D eigenvalue weighted by Crippen LogP contribution is 2.27. The van der Waals surface area contributed by atoms with Crippen LogP contribution in [0.2, 0.25) is 0 Å². The molecule has 162 valence electrons. The topological polar surface area (TPSA) is 97.0 Å². The van der Waals surface area contributed by atoms with Crippen molar-refractivity contribution >= 4 is 17.9 Å². The summed E-state index contributed by atoms with van der Waals surface area (Å²) in [7, 11) is 1.92. The van der Waals surface area contributed by atoms with Gasteiger partial charge in [-0.15, -0.1) is 0 Å². The van der Waals surface area contributed by atoms with Crippen LogP contribution in [0.4, 0.5) is 4.79 Å². The minimum absolute atomic E-state index is 0.0108. The normalized spacial score (nSPS) is 13.0. The van der Waals surface area contributed by atoms with Crippen molar-refractivity contribution in [3.63, 3.8) is 0 Å². The number of hydrogen-bond acceptors (Lipinski definition) is 5. The third kappa shape index (κ3) is 5.88. The summed E-state index contributed by atoms with van der Waals surface area (Å²) in [6, 6.07) is 7.04. The number of hydrogen-bond donors (Lipinski definition) is 1. The van der Waals surface area contributed by atoms with Gasteiger partial charge < -0.3 is 28.8 Å². The Morgan fingerprint density at radius 3 is 2.63 bits per heavy atom. The Kier molecular flexibility index (Phi) is 7.16. The van der Waals surface area contributed by atoms with E-state index in [0.29, 0.717) is 18.8 Å². The van der Waals surface area contributed by atoms with E-state index >= 15 is 0 Å². The smallest absolute Gasteiger partial charge is 0.325 e. The summed E-state index contributed by atoms with van der Waals surface area (Å²) < 4.78 is 12.2. The summed E-state index contributed by atoms with van der Waals surface area (Å²) in [4.78, 5) is 40.5. The number of esters is 1. The molecule has 2 heterocycles. The molecule has 1 aliphatic carbocycles. The Morgan fingerprint density at radius 2 is 2.03 bits per heavy atom. The maximum atomic E-state index is 13.2. The number of carbonyl (C=O) groups is 3. The van der Waals surface area contributed by atoms with Gasteiger partial charge in [-0.2, -0.15) is 0 Å². The molecular weight excluding hydrogens is 388 g/mol. The van der Waals surface area contributed by atoms with Crippen molar-refractivity contribution in [2.45, 2.75) is 38.9 Å². The average molecular weight is 416 g/mol. The Balaban J connectivity index is 1.66. The molecule has 0 atom stereocenters. The van der Waals surface area contributed by atoms with Gasteiger partial charge in [0.1, 0.15) is 18.8 Å². The number of carbonyl (C=O) groups excluding carboxylic acids is 3. The van der Waals surface area contributed by atoms with E-state index in [0.717, 1.165) is 18.5 Å². The molecule has 0 spiro atoms. The molecule has 1 aliphatic rings. The Labute approximate surface area is 175 Å². The van der Waals surface area contributed by atoms with Crippen LogP contribution in [0.3, 0.4) is 0 Å². The van der Waals surface area contributed by atoms with Gasteiger partial charge in [0.05, 0.1) is 26.0 Å². The molecule has 1 fully saturated rings. The molecule has 0 aliphatic heterocycles. The summed E-state index contributed by atoms with van der Waals surface area (Å²) >= 11 is 0. The van der Waals surface area contributed by atoms with E-state index in [4.69, 9.17) is 9.15 Å². The van der Waals surface area contributed by atoms with Crippen LogP contribution in [0, 0.1) is 0 Å². The van der Waals surface area contributed by atoms with Crippen molar-refractivity contribution in [2.75, 3.05) is 19.7 Å². The van der Waals surface area contributed by atoms with Crippen LogP contribution < -0.4 is 5.32 Å². The molecule has 1 saturated carbocycles. The Bertz CT molecular complexity index is 857. The number of nitrogens with one attached hydrogen (secondary N) is 1. The molecule has 0 saturated heterocycles. The van der Waals surface area contributed by atoms with Crippen LogP contribution in [-0.4, -0.2) is 58.0 Å². The molecule has 0 radical (unpaired) electrons. The highest BCUT2D eigenvalue weighted by molar-refractivity contribution is 5.86. The molecule has 1 N–H and O–H groups in total. The van der Waals surface area contributed by atoms with Crippen LogP contribution in [0.1, 0.15) is 31.2 Å². The summed E-state index contributed by atoms with van der Waals surface area (Å²) in [5.41, 5.74) is 0.972. The number of ether oxygens (including phenoxy) is 1. The lowest BCUT2D eigenvalue weighted by molar-refractivity contribution is -0.141. The third-order valence-corrected chi connectivity index (χ3v) is 4.93. The molecule has 3 amide bonds. The van der Waals surface area contributed by atoms with Crippen molar-refractivity contribution in [3.8, 4) is 0 Å². The second kappa shape index (κ2) is 10.00. The molecule has 9 heteroatoms. The summed E-state index contributed by atoms with van der Waals surface area (Å²) in [5, 5.41) is 2.55. The number of nitrogens with zero attached hydrogens (tertiary/aromatic N) is 3. The van der Waals surface area contributed by atoms with E-state index < -0.39 is 12.0 Å². The van der Waals surface area contributed by atoms with E-state index in [1.807, 2.05) is 36.0 Å². The first-order valence-corrected chi connectivity index (χ1v) is 10.1. The van der Waals surface area contributed by atoms with Crippen molar-refractivity contribution in [1.29, 1.82) is 0 Å². The third-order valence-electron chi connectivity index (χ3n) is 4.93. The molecule has 30 heavy (non-hydrogen) atoms. The molecular formula is C21H28N4O5. The van der Waals surface area contributed by atoms with Gasteiger partial charge in [0.2, 0.25) is 5.91 Å². The van der Waals surface area contributed by atoms with E-state index in [1.54, 1.807) is 24.2 Å². The van der Waals surface area contributed by atoms with Gasteiger partial charge in [0.15, 0.2) is 0 Å².